The molecular formula is C18H32O11. The van der Waals surface area contributed by atoms with Crippen LogP contribution >= 0.6 is 0 Å². The third kappa shape index (κ3) is 7.39. The van der Waals surface area contributed by atoms with Crippen molar-refractivity contribution in [1.29, 1.82) is 0 Å². The minimum absolute atomic E-state index is 0.0305. The highest BCUT2D eigenvalue weighted by atomic mass is 16.8. The zero-order valence-corrected chi connectivity index (χ0v) is 17.3. The summed E-state index contributed by atoms with van der Waals surface area (Å²) in [5, 5.41) is 19.3. The fraction of sp³-hybridized carbons (Fsp3) is 0.944. The molecule has 2 aliphatic rings. The molecule has 0 saturated carbocycles. The standard InChI is InChI=1S/C18H32O11/c1-11(24-7-8-25-13(21)10-23-6-5-22-4)26-15-14(12(20)9-19)27-17-16(15)28-18(2,3)29-17/h11-12,14-17,19-20H,5-10H2,1-4H3/t11?,12?,14-,15+,16-,17-/m1/s1. The van der Waals surface area contributed by atoms with Crippen LogP contribution in [0.15, 0.2) is 0 Å². The number of fused-ring (bicyclic) bond motifs is 1. The first kappa shape index (κ1) is 24.4. The molecule has 2 aliphatic heterocycles. The molecule has 0 spiro atoms. The van der Waals surface area contributed by atoms with Gasteiger partial charge in [0, 0.05) is 7.11 Å². The van der Waals surface area contributed by atoms with E-state index in [-0.39, 0.29) is 19.8 Å². The number of hydrogen-bond acceptors (Lipinski definition) is 11. The molecule has 29 heavy (non-hydrogen) atoms. The van der Waals surface area contributed by atoms with Crippen LogP contribution in [0.3, 0.4) is 0 Å². The fourth-order valence-electron chi connectivity index (χ4n) is 3.04. The summed E-state index contributed by atoms with van der Waals surface area (Å²) in [7, 11) is 1.54. The molecule has 0 bridgehead atoms. The average molecular weight is 424 g/mol. The van der Waals surface area contributed by atoms with Crippen LogP contribution in [0, 0.1) is 0 Å². The van der Waals surface area contributed by atoms with Crippen molar-refractivity contribution in [1.82, 2.24) is 0 Å². The van der Waals surface area contributed by atoms with Crippen LogP contribution in [0.5, 0.6) is 0 Å². The second-order valence-corrected chi connectivity index (χ2v) is 7.12. The third-order valence-electron chi connectivity index (χ3n) is 4.29. The highest BCUT2D eigenvalue weighted by Crippen LogP contribution is 2.40. The molecule has 2 N–H and O–H groups in total. The van der Waals surface area contributed by atoms with E-state index >= 15 is 0 Å². The molecular weight excluding hydrogens is 392 g/mol. The largest absolute Gasteiger partial charge is 0.462 e. The molecule has 2 rings (SSSR count). The van der Waals surface area contributed by atoms with Gasteiger partial charge in [-0.1, -0.05) is 0 Å². The van der Waals surface area contributed by atoms with E-state index < -0.39 is 55.4 Å². The van der Waals surface area contributed by atoms with E-state index in [1.54, 1.807) is 27.9 Å². The van der Waals surface area contributed by atoms with Gasteiger partial charge in [-0.2, -0.15) is 0 Å². The second-order valence-electron chi connectivity index (χ2n) is 7.12. The maximum atomic E-state index is 11.5. The number of aliphatic hydroxyl groups excluding tert-OH is 2. The molecule has 11 nitrogen and oxygen atoms in total. The third-order valence-corrected chi connectivity index (χ3v) is 4.29. The summed E-state index contributed by atoms with van der Waals surface area (Å²) >= 11 is 0. The van der Waals surface area contributed by atoms with E-state index in [1.807, 2.05) is 0 Å². The average Bonchev–Trinajstić information content (AvgIpc) is 3.14. The quantitative estimate of drug-likeness (QED) is 0.218. The summed E-state index contributed by atoms with van der Waals surface area (Å²) in [5.41, 5.74) is 0. The first-order valence-corrected chi connectivity index (χ1v) is 9.56. The molecule has 170 valence electrons. The van der Waals surface area contributed by atoms with E-state index in [2.05, 4.69) is 0 Å². The van der Waals surface area contributed by atoms with Crippen molar-refractivity contribution in [2.75, 3.05) is 46.8 Å². The minimum atomic E-state index is -1.16. The predicted molar refractivity (Wildman–Crippen MR) is 95.7 cm³/mol. The Kier molecular flexibility index (Phi) is 9.66. The van der Waals surface area contributed by atoms with Gasteiger partial charge in [-0.15, -0.1) is 0 Å². The van der Waals surface area contributed by atoms with Crippen LogP contribution < -0.4 is 0 Å². The van der Waals surface area contributed by atoms with E-state index in [0.29, 0.717) is 13.2 Å². The Hall–Kier alpha value is -0.890. The van der Waals surface area contributed by atoms with Crippen LogP contribution in [0.4, 0.5) is 0 Å². The summed E-state index contributed by atoms with van der Waals surface area (Å²) in [4.78, 5) is 11.5. The van der Waals surface area contributed by atoms with Gasteiger partial charge in [0.2, 0.25) is 0 Å². The van der Waals surface area contributed by atoms with Crippen molar-refractivity contribution >= 4 is 5.97 Å². The maximum absolute atomic E-state index is 11.5. The van der Waals surface area contributed by atoms with Gasteiger partial charge in [-0.3, -0.25) is 0 Å². The number of hydrogen-bond donors (Lipinski definition) is 2. The molecule has 0 aromatic carbocycles. The van der Waals surface area contributed by atoms with Gasteiger partial charge in [-0.05, 0) is 20.8 Å². The second kappa shape index (κ2) is 11.5. The molecule has 0 amide bonds. The first-order chi connectivity index (χ1) is 13.8. The van der Waals surface area contributed by atoms with E-state index in [1.165, 1.54) is 0 Å². The monoisotopic (exact) mass is 424 g/mol. The molecule has 2 fully saturated rings. The summed E-state index contributed by atoms with van der Waals surface area (Å²) in [6.45, 7) is 5.33. The van der Waals surface area contributed by atoms with Crippen LogP contribution in [-0.4, -0.2) is 106 Å². The Morgan fingerprint density at radius 1 is 1.17 bits per heavy atom. The zero-order chi connectivity index (χ0) is 21.4. The van der Waals surface area contributed by atoms with Gasteiger partial charge in [-0.25, -0.2) is 4.79 Å². The molecule has 0 aromatic heterocycles. The van der Waals surface area contributed by atoms with E-state index in [9.17, 15) is 15.0 Å². The number of ether oxygens (including phenoxy) is 8. The van der Waals surface area contributed by atoms with Gasteiger partial charge < -0.3 is 48.1 Å². The van der Waals surface area contributed by atoms with Crippen molar-refractivity contribution < 1.29 is 52.9 Å². The number of carbonyl (C=O) groups is 1. The van der Waals surface area contributed by atoms with Crippen molar-refractivity contribution in [3.05, 3.63) is 0 Å². The van der Waals surface area contributed by atoms with Gasteiger partial charge in [0.05, 0.1) is 26.4 Å². The van der Waals surface area contributed by atoms with Crippen LogP contribution in [0.1, 0.15) is 20.8 Å². The van der Waals surface area contributed by atoms with E-state index in [4.69, 9.17) is 37.9 Å². The lowest BCUT2D eigenvalue weighted by molar-refractivity contribution is -0.250. The van der Waals surface area contributed by atoms with Gasteiger partial charge in [0.25, 0.3) is 0 Å². The summed E-state index contributed by atoms with van der Waals surface area (Å²) in [6, 6.07) is 0. The molecule has 0 aliphatic carbocycles. The van der Waals surface area contributed by atoms with Crippen molar-refractivity contribution in [3.8, 4) is 0 Å². The normalized spacial score (nSPS) is 30.1. The maximum Gasteiger partial charge on any atom is 0.332 e. The first-order valence-electron chi connectivity index (χ1n) is 9.56. The molecule has 2 heterocycles. The van der Waals surface area contributed by atoms with Gasteiger partial charge in [0.1, 0.15) is 37.6 Å². The molecule has 11 heteroatoms. The van der Waals surface area contributed by atoms with Crippen LogP contribution in [0.2, 0.25) is 0 Å². The lowest BCUT2D eigenvalue weighted by atomic mass is 10.1. The Morgan fingerprint density at radius 2 is 1.93 bits per heavy atom. The van der Waals surface area contributed by atoms with Crippen LogP contribution in [-0.2, 0) is 42.7 Å². The van der Waals surface area contributed by atoms with Crippen molar-refractivity contribution in [2.24, 2.45) is 0 Å². The number of methoxy groups -OCH3 is 1. The highest BCUT2D eigenvalue weighted by molar-refractivity contribution is 5.70. The molecule has 2 unspecified atom stereocenters. The zero-order valence-electron chi connectivity index (χ0n) is 17.3. The lowest BCUT2D eigenvalue weighted by Gasteiger charge is -2.29. The number of rotatable bonds is 13. The Morgan fingerprint density at radius 3 is 2.62 bits per heavy atom. The van der Waals surface area contributed by atoms with Gasteiger partial charge >= 0.3 is 5.97 Å². The molecule has 0 aromatic rings. The molecule has 2 saturated heterocycles. The smallest absolute Gasteiger partial charge is 0.332 e. The molecule has 6 atom stereocenters. The lowest BCUT2D eigenvalue weighted by Crippen LogP contribution is -2.45. The fourth-order valence-corrected chi connectivity index (χ4v) is 3.04. The highest BCUT2D eigenvalue weighted by Gasteiger charge is 2.57. The topological polar surface area (TPSA) is 131 Å². The van der Waals surface area contributed by atoms with Crippen LogP contribution in [0.25, 0.3) is 0 Å². The molecule has 0 radical (unpaired) electrons. The SMILES string of the molecule is COCCOCC(=O)OCCOC(C)O[C@@H]1[C@H]2OC(C)(C)O[C@H]2O[C@@H]1C(O)CO. The van der Waals surface area contributed by atoms with Crippen molar-refractivity contribution in [3.63, 3.8) is 0 Å². The predicted octanol–water partition coefficient (Wildman–Crippen LogP) is -0.830. The summed E-state index contributed by atoms with van der Waals surface area (Å²) < 4.78 is 43.3. The van der Waals surface area contributed by atoms with Gasteiger partial charge in [0.15, 0.2) is 18.4 Å². The number of carbonyl (C=O) groups excluding carboxylic acids is 1. The Balaban J connectivity index is 1.73. The van der Waals surface area contributed by atoms with Crippen molar-refractivity contribution in [2.45, 2.75) is 63.6 Å². The summed E-state index contributed by atoms with van der Waals surface area (Å²) in [6.07, 6.45) is -4.71. The summed E-state index contributed by atoms with van der Waals surface area (Å²) in [5.74, 6) is -1.36. The van der Waals surface area contributed by atoms with E-state index in [0.717, 1.165) is 0 Å². The number of esters is 1. The Labute approximate surface area is 170 Å². The Bertz CT molecular complexity index is 500. The number of aliphatic hydroxyl groups is 2. The minimum Gasteiger partial charge on any atom is -0.462 e.